The van der Waals surface area contributed by atoms with Crippen LogP contribution in [0.15, 0.2) is 16.5 Å². The van der Waals surface area contributed by atoms with Crippen molar-refractivity contribution in [3.8, 4) is 18.2 Å². The summed E-state index contributed by atoms with van der Waals surface area (Å²) in [7, 11) is 0. The molecule has 7 heteroatoms. The Hall–Kier alpha value is -2.82. The summed E-state index contributed by atoms with van der Waals surface area (Å²) in [4.78, 5) is 0. The zero-order chi connectivity index (χ0) is 17.9. The van der Waals surface area contributed by atoms with E-state index in [4.69, 9.17) is 19.3 Å². The molecule has 3 heterocycles. The van der Waals surface area contributed by atoms with Crippen molar-refractivity contribution in [2.75, 3.05) is 0 Å². The van der Waals surface area contributed by atoms with Crippen LogP contribution in [0.3, 0.4) is 0 Å². The summed E-state index contributed by atoms with van der Waals surface area (Å²) in [5.41, 5.74) is -3.58. The molecule has 0 aromatic carbocycles. The van der Waals surface area contributed by atoms with Gasteiger partial charge in [-0.3, -0.25) is 5.41 Å². The van der Waals surface area contributed by atoms with E-state index in [2.05, 4.69) is 6.07 Å². The monoisotopic (exact) mass is 336 g/mol. The van der Waals surface area contributed by atoms with Gasteiger partial charge in [0.05, 0.1) is 24.1 Å². The Kier molecular flexibility index (Phi) is 3.04. The van der Waals surface area contributed by atoms with Crippen LogP contribution in [0, 0.1) is 63.1 Å². The van der Waals surface area contributed by atoms with Gasteiger partial charge in [0.15, 0.2) is 11.5 Å². The molecule has 2 aliphatic heterocycles. The van der Waals surface area contributed by atoms with Crippen LogP contribution in [-0.2, 0) is 9.47 Å². The smallest absolute Gasteiger partial charge is 0.217 e. The Morgan fingerprint density at radius 1 is 1.16 bits per heavy atom. The third kappa shape index (κ3) is 1.58. The maximum atomic E-state index is 10.1. The quantitative estimate of drug-likeness (QED) is 0.839. The zero-order valence-corrected chi connectivity index (χ0v) is 13.7. The van der Waals surface area contributed by atoms with E-state index in [1.165, 1.54) is 0 Å². The molecule has 7 nitrogen and oxygen atoms in total. The van der Waals surface area contributed by atoms with Gasteiger partial charge < -0.3 is 13.9 Å². The van der Waals surface area contributed by atoms with Gasteiger partial charge in [-0.1, -0.05) is 6.42 Å². The molecule has 1 N–H and O–H groups in total. The van der Waals surface area contributed by atoms with E-state index in [1.54, 1.807) is 19.1 Å². The fraction of sp³-hybridized carbons (Fsp3) is 0.556. The summed E-state index contributed by atoms with van der Waals surface area (Å²) < 4.78 is 17.6. The Bertz CT molecular complexity index is 871. The van der Waals surface area contributed by atoms with Gasteiger partial charge in [-0.25, -0.2) is 0 Å². The van der Waals surface area contributed by atoms with Crippen molar-refractivity contribution in [1.29, 1.82) is 21.2 Å². The molecule has 0 amide bonds. The molecule has 2 bridgehead atoms. The van der Waals surface area contributed by atoms with Gasteiger partial charge in [-0.15, -0.1) is 0 Å². The normalized spacial score (nSPS) is 37.9. The molecule has 1 aromatic rings. The van der Waals surface area contributed by atoms with Crippen molar-refractivity contribution in [3.63, 3.8) is 0 Å². The zero-order valence-electron chi connectivity index (χ0n) is 13.7. The number of nitriles is 3. The average Bonchev–Trinajstić information content (AvgIpc) is 3.13. The fourth-order valence-electron chi connectivity index (χ4n) is 4.71. The lowest BCUT2D eigenvalue weighted by molar-refractivity contribution is -0.297. The molecule has 4 rings (SSSR count). The van der Waals surface area contributed by atoms with Gasteiger partial charge in [0, 0.05) is 6.42 Å². The molecule has 4 unspecified atom stereocenters. The number of hydrogen-bond acceptors (Lipinski definition) is 7. The molecule has 1 saturated carbocycles. The van der Waals surface area contributed by atoms with E-state index in [1.807, 2.05) is 12.1 Å². The first kappa shape index (κ1) is 15.7. The van der Waals surface area contributed by atoms with Gasteiger partial charge in [-0.2, -0.15) is 15.8 Å². The minimum absolute atomic E-state index is 0.307. The number of hydrogen-bond donors (Lipinski definition) is 1. The summed E-state index contributed by atoms with van der Waals surface area (Å²) in [6, 6.07) is 9.53. The van der Waals surface area contributed by atoms with Crippen molar-refractivity contribution in [3.05, 3.63) is 23.7 Å². The van der Waals surface area contributed by atoms with Crippen LogP contribution in [0.25, 0.3) is 0 Å². The number of ether oxygens (including phenoxy) is 2. The number of rotatable bonds is 1. The van der Waals surface area contributed by atoms with Crippen LogP contribution in [0.5, 0.6) is 0 Å². The molecule has 4 atom stereocenters. The van der Waals surface area contributed by atoms with Crippen molar-refractivity contribution in [2.45, 2.75) is 44.5 Å². The second-order valence-electron chi connectivity index (χ2n) is 6.94. The molecule has 0 spiro atoms. The minimum atomic E-state index is -1.91. The van der Waals surface area contributed by atoms with Gasteiger partial charge in [-0.05, 0) is 31.9 Å². The van der Waals surface area contributed by atoms with E-state index in [0.717, 1.165) is 12.8 Å². The van der Waals surface area contributed by atoms with Crippen molar-refractivity contribution >= 4 is 5.90 Å². The summed E-state index contributed by atoms with van der Waals surface area (Å²) in [6.45, 7) is 1.75. The predicted molar refractivity (Wildman–Crippen MR) is 82.5 cm³/mol. The van der Waals surface area contributed by atoms with Crippen molar-refractivity contribution < 1.29 is 13.9 Å². The first-order chi connectivity index (χ1) is 12.0. The summed E-state index contributed by atoms with van der Waals surface area (Å²) in [6.07, 6.45) is 1.68. The van der Waals surface area contributed by atoms with E-state index in [0.29, 0.717) is 24.4 Å². The Morgan fingerprint density at radius 3 is 2.52 bits per heavy atom. The molecule has 1 aromatic heterocycles. The fourth-order valence-corrected chi connectivity index (χ4v) is 4.71. The maximum Gasteiger partial charge on any atom is 0.217 e. The molecule has 2 saturated heterocycles. The highest BCUT2D eigenvalue weighted by Crippen LogP contribution is 2.69. The lowest BCUT2D eigenvalue weighted by Gasteiger charge is -2.50. The molecule has 25 heavy (non-hydrogen) atoms. The largest absolute Gasteiger partial charge is 0.464 e. The second-order valence-corrected chi connectivity index (χ2v) is 6.94. The third-order valence-electron chi connectivity index (χ3n) is 5.84. The molecule has 1 aliphatic carbocycles. The SMILES string of the molecule is Cc1ccc(C2OC34CCCCC3C(C#N)(C(=N)O4)C2(C#N)C#N)o1. The van der Waals surface area contributed by atoms with E-state index in [9.17, 15) is 15.8 Å². The van der Waals surface area contributed by atoms with Crippen LogP contribution in [0.4, 0.5) is 0 Å². The minimum Gasteiger partial charge on any atom is -0.464 e. The first-order valence-electron chi connectivity index (χ1n) is 8.25. The van der Waals surface area contributed by atoms with Gasteiger partial charge >= 0.3 is 0 Å². The first-order valence-corrected chi connectivity index (χ1v) is 8.25. The highest BCUT2D eigenvalue weighted by molar-refractivity contribution is 5.89. The average molecular weight is 336 g/mol. The van der Waals surface area contributed by atoms with Gasteiger partial charge in [0.2, 0.25) is 17.1 Å². The Morgan fingerprint density at radius 2 is 1.92 bits per heavy atom. The van der Waals surface area contributed by atoms with Crippen LogP contribution >= 0.6 is 0 Å². The van der Waals surface area contributed by atoms with Crippen LogP contribution in [0.1, 0.15) is 43.3 Å². The number of nitrogens with one attached hydrogen (secondary N) is 1. The topological polar surface area (TPSA) is 127 Å². The molecule has 0 radical (unpaired) electrons. The van der Waals surface area contributed by atoms with E-state index < -0.39 is 28.6 Å². The maximum absolute atomic E-state index is 10.1. The van der Waals surface area contributed by atoms with Crippen LogP contribution in [-0.4, -0.2) is 11.7 Å². The van der Waals surface area contributed by atoms with Crippen molar-refractivity contribution in [2.24, 2.45) is 16.7 Å². The third-order valence-corrected chi connectivity index (χ3v) is 5.84. The lowest BCUT2D eigenvalue weighted by atomic mass is 9.52. The standard InChI is InChI=1S/C18H16N4O3/c1-11-5-6-12(23-11)14-16(8-19,9-20)17(10-21)13-4-2-3-7-18(13,24-14)25-15(17)22/h5-6,13-14,22H,2-4,7H2,1H3. The van der Waals surface area contributed by atoms with Crippen molar-refractivity contribution in [1.82, 2.24) is 0 Å². The van der Waals surface area contributed by atoms with E-state index in [-0.39, 0.29) is 5.90 Å². The summed E-state index contributed by atoms with van der Waals surface area (Å²) >= 11 is 0. The summed E-state index contributed by atoms with van der Waals surface area (Å²) in [5.74, 6) is -1.08. The van der Waals surface area contributed by atoms with Gasteiger partial charge in [0.1, 0.15) is 11.5 Å². The Labute approximate surface area is 144 Å². The molecule has 3 fully saturated rings. The lowest BCUT2D eigenvalue weighted by Crippen LogP contribution is -2.60. The predicted octanol–water partition coefficient (Wildman–Crippen LogP) is 3.10. The highest BCUT2D eigenvalue weighted by atomic mass is 16.7. The number of aryl methyl sites for hydroxylation is 1. The molecular formula is C18H16N4O3. The van der Waals surface area contributed by atoms with Gasteiger partial charge in [0.25, 0.3) is 0 Å². The van der Waals surface area contributed by atoms with Crippen LogP contribution in [0.2, 0.25) is 0 Å². The summed E-state index contributed by atoms with van der Waals surface area (Å²) in [5, 5.41) is 38.5. The second kappa shape index (κ2) is 4.85. The Balaban J connectivity index is 2.01. The number of nitrogens with zero attached hydrogens (tertiary/aromatic N) is 3. The van der Waals surface area contributed by atoms with Crippen LogP contribution < -0.4 is 0 Å². The molecule has 3 aliphatic rings. The number of furan rings is 1. The van der Waals surface area contributed by atoms with E-state index >= 15 is 0 Å². The highest BCUT2D eigenvalue weighted by Gasteiger charge is 2.80. The molecule has 126 valence electrons. The molecular weight excluding hydrogens is 320 g/mol.